The molecule has 0 aromatic rings. The van der Waals surface area contributed by atoms with E-state index in [0.29, 0.717) is 6.29 Å². The second-order valence-corrected chi connectivity index (χ2v) is 5.75. The molecule has 0 amide bonds. The molecule has 1 unspecified atom stereocenters. The molecule has 0 radical (unpaired) electrons. The highest BCUT2D eigenvalue weighted by Gasteiger charge is 2.72. The first-order valence-corrected chi connectivity index (χ1v) is 6.20. The quantitative estimate of drug-likeness (QED) is 0.570. The Morgan fingerprint density at radius 2 is 2.21 bits per heavy atom. The molecular weight excluding hydrogens is 252 g/mol. The summed E-state index contributed by atoms with van der Waals surface area (Å²) < 4.78 is 9.62. The fraction of sp³-hybridized carbons (Fsp3) is 0.769. The van der Waals surface area contributed by atoms with Crippen molar-refractivity contribution in [3.05, 3.63) is 0 Å². The smallest absolute Gasteiger partial charge is 0.315 e. The summed E-state index contributed by atoms with van der Waals surface area (Å²) in [6, 6.07) is 0. The Morgan fingerprint density at radius 1 is 1.58 bits per heavy atom. The Morgan fingerprint density at radius 3 is 2.74 bits per heavy atom. The van der Waals surface area contributed by atoms with Gasteiger partial charge in [-0.05, 0) is 6.92 Å². The van der Waals surface area contributed by atoms with Crippen LogP contribution in [0, 0.1) is 22.7 Å². The van der Waals surface area contributed by atoms with Gasteiger partial charge in [0.1, 0.15) is 11.7 Å². The van der Waals surface area contributed by atoms with Gasteiger partial charge < -0.3 is 19.4 Å². The van der Waals surface area contributed by atoms with Gasteiger partial charge in [-0.3, -0.25) is 9.59 Å². The first kappa shape index (κ1) is 14.0. The number of cyclic esters (lactones) is 1. The molecule has 0 bridgehead atoms. The number of aliphatic hydroxyl groups excluding tert-OH is 1. The summed E-state index contributed by atoms with van der Waals surface area (Å²) in [4.78, 5) is 34.8. The number of hydrogen-bond donors (Lipinski definition) is 1. The maximum Gasteiger partial charge on any atom is 0.315 e. The van der Waals surface area contributed by atoms with E-state index in [-0.39, 0.29) is 13.0 Å². The van der Waals surface area contributed by atoms with E-state index in [0.717, 1.165) is 0 Å². The van der Waals surface area contributed by atoms with E-state index < -0.39 is 40.7 Å². The fourth-order valence-electron chi connectivity index (χ4n) is 3.51. The molecule has 2 fully saturated rings. The van der Waals surface area contributed by atoms with Crippen LogP contribution in [-0.2, 0) is 23.9 Å². The number of esters is 2. The van der Waals surface area contributed by atoms with Gasteiger partial charge in [0.2, 0.25) is 0 Å². The molecule has 1 aliphatic heterocycles. The molecule has 0 spiro atoms. The van der Waals surface area contributed by atoms with Gasteiger partial charge in [-0.2, -0.15) is 0 Å². The van der Waals surface area contributed by atoms with Crippen LogP contribution in [0.15, 0.2) is 0 Å². The molecule has 1 saturated heterocycles. The molecule has 106 valence electrons. The van der Waals surface area contributed by atoms with Crippen LogP contribution in [0.3, 0.4) is 0 Å². The average molecular weight is 270 g/mol. The lowest BCUT2D eigenvalue weighted by molar-refractivity contribution is -0.153. The number of aliphatic hydroxyl groups is 1. The topological polar surface area (TPSA) is 89.9 Å². The highest BCUT2D eigenvalue weighted by Crippen LogP contribution is 2.62. The van der Waals surface area contributed by atoms with Crippen LogP contribution in [0.2, 0.25) is 0 Å². The molecule has 0 aromatic heterocycles. The SMILES string of the molecule is COC(=O)C[C@H]1C(C=O)[C@]2(C)COC(=O)[C@]2(C)[C@@H]1O. The number of rotatable bonds is 3. The third kappa shape index (κ3) is 1.55. The maximum absolute atomic E-state index is 11.9. The van der Waals surface area contributed by atoms with E-state index >= 15 is 0 Å². The van der Waals surface area contributed by atoms with Gasteiger partial charge in [-0.1, -0.05) is 6.92 Å². The first-order valence-electron chi connectivity index (χ1n) is 6.20. The van der Waals surface area contributed by atoms with Crippen molar-refractivity contribution < 1.29 is 29.0 Å². The molecule has 0 aromatic carbocycles. The second kappa shape index (κ2) is 4.30. The van der Waals surface area contributed by atoms with E-state index in [4.69, 9.17) is 4.74 Å². The molecule has 1 heterocycles. The van der Waals surface area contributed by atoms with Crippen LogP contribution in [0.5, 0.6) is 0 Å². The van der Waals surface area contributed by atoms with Crippen molar-refractivity contribution in [3.8, 4) is 0 Å². The Hall–Kier alpha value is -1.43. The standard InChI is InChI=1S/C13H18O6/c1-12-6-19-11(17)13(12,2)10(16)7(8(12)5-14)4-9(15)18-3/h5,7-8,10,16H,4,6H2,1-3H3/t7-,8?,10+,12-,13-/m0/s1. The number of methoxy groups -OCH3 is 1. The second-order valence-electron chi connectivity index (χ2n) is 5.75. The number of carbonyl (C=O) groups is 3. The summed E-state index contributed by atoms with van der Waals surface area (Å²) in [6.45, 7) is 3.43. The van der Waals surface area contributed by atoms with Crippen molar-refractivity contribution in [2.45, 2.75) is 26.4 Å². The third-order valence-electron chi connectivity index (χ3n) is 5.08. The summed E-state index contributed by atoms with van der Waals surface area (Å²) in [5.41, 5.74) is -1.94. The molecule has 19 heavy (non-hydrogen) atoms. The Balaban J connectivity index is 2.41. The van der Waals surface area contributed by atoms with E-state index in [1.165, 1.54) is 7.11 Å². The molecule has 5 atom stereocenters. The summed E-state index contributed by atoms with van der Waals surface area (Å²) in [5.74, 6) is -2.25. The lowest BCUT2D eigenvalue weighted by Gasteiger charge is -2.32. The maximum atomic E-state index is 11.9. The van der Waals surface area contributed by atoms with Gasteiger partial charge in [-0.25, -0.2) is 0 Å². The predicted molar refractivity (Wildman–Crippen MR) is 62.9 cm³/mol. The van der Waals surface area contributed by atoms with Crippen LogP contribution >= 0.6 is 0 Å². The molecule has 6 heteroatoms. The van der Waals surface area contributed by atoms with Crippen LogP contribution < -0.4 is 0 Å². The number of ether oxygens (including phenoxy) is 2. The normalized spacial score (nSPS) is 44.6. The van der Waals surface area contributed by atoms with Crippen LogP contribution in [0.4, 0.5) is 0 Å². The van der Waals surface area contributed by atoms with Crippen molar-refractivity contribution in [1.29, 1.82) is 0 Å². The Bertz CT molecular complexity index is 433. The summed E-state index contributed by atoms with van der Waals surface area (Å²) in [6.07, 6.45) is -0.467. The van der Waals surface area contributed by atoms with Gasteiger partial charge in [0, 0.05) is 17.3 Å². The van der Waals surface area contributed by atoms with Crippen LogP contribution in [0.25, 0.3) is 0 Å². The fourth-order valence-corrected chi connectivity index (χ4v) is 3.51. The number of fused-ring (bicyclic) bond motifs is 1. The summed E-state index contributed by atoms with van der Waals surface area (Å²) in [7, 11) is 1.25. The number of hydrogen-bond acceptors (Lipinski definition) is 6. The minimum absolute atomic E-state index is 0.0838. The molecule has 2 aliphatic rings. The van der Waals surface area contributed by atoms with Gasteiger partial charge in [0.15, 0.2) is 0 Å². The van der Waals surface area contributed by atoms with E-state index in [2.05, 4.69) is 4.74 Å². The Kier molecular flexibility index (Phi) is 3.16. The van der Waals surface area contributed by atoms with Gasteiger partial charge in [-0.15, -0.1) is 0 Å². The van der Waals surface area contributed by atoms with Gasteiger partial charge in [0.05, 0.1) is 26.2 Å². The zero-order valence-electron chi connectivity index (χ0n) is 11.2. The van der Waals surface area contributed by atoms with Crippen molar-refractivity contribution in [1.82, 2.24) is 0 Å². The molecule has 6 nitrogen and oxygen atoms in total. The molecule has 1 saturated carbocycles. The highest BCUT2D eigenvalue weighted by molar-refractivity contribution is 5.84. The van der Waals surface area contributed by atoms with Crippen LogP contribution in [0.1, 0.15) is 20.3 Å². The number of aldehydes is 1. The highest BCUT2D eigenvalue weighted by atomic mass is 16.5. The third-order valence-corrected chi connectivity index (χ3v) is 5.08. The average Bonchev–Trinajstić information content (AvgIpc) is 2.71. The largest absolute Gasteiger partial charge is 0.469 e. The Labute approximate surface area is 111 Å². The van der Waals surface area contributed by atoms with Gasteiger partial charge >= 0.3 is 11.9 Å². The van der Waals surface area contributed by atoms with Crippen molar-refractivity contribution in [3.63, 3.8) is 0 Å². The molecular formula is C13H18O6. The zero-order chi connectivity index (χ0) is 14.4. The molecule has 1 aliphatic carbocycles. The minimum atomic E-state index is -1.16. The molecule has 1 N–H and O–H groups in total. The van der Waals surface area contributed by atoms with Crippen molar-refractivity contribution in [2.75, 3.05) is 13.7 Å². The predicted octanol–water partition coefficient (Wildman–Crippen LogP) is -0.0753. The monoisotopic (exact) mass is 270 g/mol. The lowest BCUT2D eigenvalue weighted by Crippen LogP contribution is -2.43. The lowest BCUT2D eigenvalue weighted by atomic mass is 9.66. The van der Waals surface area contributed by atoms with Crippen LogP contribution in [-0.4, -0.2) is 43.2 Å². The summed E-state index contributed by atoms with van der Waals surface area (Å²) >= 11 is 0. The van der Waals surface area contributed by atoms with Crippen molar-refractivity contribution >= 4 is 18.2 Å². The van der Waals surface area contributed by atoms with E-state index in [1.54, 1.807) is 13.8 Å². The number of carbonyl (C=O) groups excluding carboxylic acids is 3. The molecule has 2 rings (SSSR count). The van der Waals surface area contributed by atoms with Crippen molar-refractivity contribution in [2.24, 2.45) is 22.7 Å². The minimum Gasteiger partial charge on any atom is -0.469 e. The van der Waals surface area contributed by atoms with Gasteiger partial charge in [0.25, 0.3) is 0 Å². The van der Waals surface area contributed by atoms with E-state index in [1.807, 2.05) is 0 Å². The zero-order valence-corrected chi connectivity index (χ0v) is 11.2. The summed E-state index contributed by atoms with van der Waals surface area (Å²) in [5, 5.41) is 10.4. The van der Waals surface area contributed by atoms with E-state index in [9.17, 15) is 19.5 Å². The first-order chi connectivity index (χ1) is 8.82.